The van der Waals surface area contributed by atoms with E-state index < -0.39 is 6.10 Å². The molecule has 0 aliphatic carbocycles. The van der Waals surface area contributed by atoms with Gasteiger partial charge in [-0.05, 0) is 35.0 Å². The van der Waals surface area contributed by atoms with Gasteiger partial charge in [0.1, 0.15) is 12.4 Å². The normalized spacial score (nSPS) is 12.5. The number of aliphatic hydroxyl groups excluding tert-OH is 1. The monoisotopic (exact) mass is 351 g/mol. The third-order valence-corrected chi connectivity index (χ3v) is 4.94. The number of aromatic nitrogens is 3. The first kappa shape index (κ1) is 15.9. The quantitative estimate of drug-likeness (QED) is 0.540. The predicted octanol–water partition coefficient (Wildman–Crippen LogP) is 3.41. The minimum Gasteiger partial charge on any atom is -0.491 e. The summed E-state index contributed by atoms with van der Waals surface area (Å²) in [4.78, 5) is 0. The Morgan fingerprint density at radius 1 is 1.00 bits per heavy atom. The van der Waals surface area contributed by atoms with Crippen molar-refractivity contribution in [3.05, 3.63) is 66.9 Å². The Kier molecular flexibility index (Phi) is 4.54. The van der Waals surface area contributed by atoms with Crippen LogP contribution >= 0.6 is 11.8 Å². The second kappa shape index (κ2) is 7.13. The maximum Gasteiger partial charge on any atom is 0.195 e. The fourth-order valence-corrected chi connectivity index (χ4v) is 3.42. The van der Waals surface area contributed by atoms with E-state index in [4.69, 9.17) is 4.74 Å². The highest BCUT2D eigenvalue weighted by Crippen LogP contribution is 2.21. The van der Waals surface area contributed by atoms with Gasteiger partial charge >= 0.3 is 0 Å². The fourth-order valence-electron chi connectivity index (χ4n) is 2.59. The molecule has 1 N–H and O–H groups in total. The molecule has 0 bridgehead atoms. The molecule has 25 heavy (non-hydrogen) atoms. The average molecular weight is 351 g/mol. The van der Waals surface area contributed by atoms with E-state index in [0.717, 1.165) is 21.9 Å². The van der Waals surface area contributed by atoms with Gasteiger partial charge in [0.15, 0.2) is 10.8 Å². The highest BCUT2D eigenvalue weighted by molar-refractivity contribution is 7.99. The summed E-state index contributed by atoms with van der Waals surface area (Å²) < 4.78 is 7.63. The van der Waals surface area contributed by atoms with Crippen LogP contribution in [0.1, 0.15) is 0 Å². The third-order valence-electron chi connectivity index (χ3n) is 3.85. The van der Waals surface area contributed by atoms with E-state index in [9.17, 15) is 5.11 Å². The molecule has 0 aliphatic heterocycles. The summed E-state index contributed by atoms with van der Waals surface area (Å²) >= 11 is 1.46. The SMILES string of the molecule is O[C@@H](COc1ccc2ccccc2c1)CSc1nnc2ccccn12. The van der Waals surface area contributed by atoms with Crippen molar-refractivity contribution in [2.75, 3.05) is 12.4 Å². The van der Waals surface area contributed by atoms with Crippen molar-refractivity contribution in [1.29, 1.82) is 0 Å². The number of rotatable bonds is 6. The van der Waals surface area contributed by atoms with Crippen molar-refractivity contribution in [2.45, 2.75) is 11.3 Å². The molecule has 0 spiro atoms. The van der Waals surface area contributed by atoms with Crippen LogP contribution < -0.4 is 4.74 Å². The topological polar surface area (TPSA) is 59.7 Å². The first-order valence-electron chi connectivity index (χ1n) is 8.02. The molecule has 0 saturated heterocycles. The van der Waals surface area contributed by atoms with Crippen LogP contribution in [-0.2, 0) is 0 Å². The molecule has 2 heterocycles. The van der Waals surface area contributed by atoms with Crippen LogP contribution in [0.25, 0.3) is 16.4 Å². The lowest BCUT2D eigenvalue weighted by atomic mass is 10.1. The number of hydrogen-bond acceptors (Lipinski definition) is 5. The van der Waals surface area contributed by atoms with Crippen molar-refractivity contribution in [1.82, 2.24) is 14.6 Å². The van der Waals surface area contributed by atoms with E-state index in [-0.39, 0.29) is 6.61 Å². The smallest absolute Gasteiger partial charge is 0.195 e. The Hall–Kier alpha value is -2.57. The number of thioether (sulfide) groups is 1. The molecule has 0 unspecified atom stereocenters. The number of aliphatic hydroxyl groups is 1. The van der Waals surface area contributed by atoms with Crippen molar-refractivity contribution in [3.8, 4) is 5.75 Å². The zero-order valence-corrected chi connectivity index (χ0v) is 14.3. The number of nitrogens with zero attached hydrogens (tertiary/aromatic N) is 3. The van der Waals surface area contributed by atoms with E-state index in [2.05, 4.69) is 16.3 Å². The summed E-state index contributed by atoms with van der Waals surface area (Å²) in [5.41, 5.74) is 0.798. The second-order valence-corrected chi connectivity index (χ2v) is 6.68. The molecule has 1 atom stereocenters. The molecule has 5 nitrogen and oxygen atoms in total. The summed E-state index contributed by atoms with van der Waals surface area (Å²) in [7, 11) is 0. The Labute approximate surface area is 149 Å². The average Bonchev–Trinajstić information content (AvgIpc) is 3.08. The van der Waals surface area contributed by atoms with Crippen LogP contribution in [0.3, 0.4) is 0 Å². The standard InChI is InChI=1S/C19H17N3O2S/c23-16(13-25-19-21-20-18-7-3-4-10-22(18)19)12-24-17-9-8-14-5-1-2-6-15(14)11-17/h1-11,16,23H,12-13H2/t16-/m0/s1. The minimum atomic E-state index is -0.590. The van der Waals surface area contributed by atoms with Crippen LogP contribution in [0.4, 0.5) is 0 Å². The van der Waals surface area contributed by atoms with E-state index in [1.54, 1.807) is 0 Å². The summed E-state index contributed by atoms with van der Waals surface area (Å²) in [5, 5.41) is 21.5. The van der Waals surface area contributed by atoms with Gasteiger partial charge in [-0.15, -0.1) is 10.2 Å². The zero-order valence-electron chi connectivity index (χ0n) is 13.4. The number of hydrogen-bond donors (Lipinski definition) is 1. The van der Waals surface area contributed by atoms with Gasteiger partial charge in [0, 0.05) is 11.9 Å². The highest BCUT2D eigenvalue weighted by atomic mass is 32.2. The molecule has 0 radical (unpaired) electrons. The molecule has 0 saturated carbocycles. The van der Waals surface area contributed by atoms with Crippen LogP contribution in [0.15, 0.2) is 72.0 Å². The summed E-state index contributed by atoms with van der Waals surface area (Å²) in [5.74, 6) is 1.25. The van der Waals surface area contributed by atoms with E-state index in [1.165, 1.54) is 17.1 Å². The molecule has 4 aromatic rings. The zero-order chi connectivity index (χ0) is 17.1. The minimum absolute atomic E-state index is 0.238. The Morgan fingerprint density at radius 2 is 1.84 bits per heavy atom. The summed E-state index contributed by atoms with van der Waals surface area (Å²) in [6.07, 6.45) is 1.32. The lowest BCUT2D eigenvalue weighted by Crippen LogP contribution is -2.20. The molecule has 0 aliphatic rings. The van der Waals surface area contributed by atoms with Gasteiger partial charge in [-0.1, -0.05) is 48.2 Å². The molecule has 6 heteroatoms. The van der Waals surface area contributed by atoms with Crippen molar-refractivity contribution >= 4 is 28.2 Å². The Bertz CT molecular complexity index is 1000. The van der Waals surface area contributed by atoms with Gasteiger partial charge in [0.05, 0.1) is 6.10 Å². The second-order valence-electron chi connectivity index (χ2n) is 5.70. The van der Waals surface area contributed by atoms with Gasteiger partial charge in [-0.25, -0.2) is 0 Å². The molecule has 2 aromatic heterocycles. The van der Waals surface area contributed by atoms with E-state index in [0.29, 0.717) is 5.75 Å². The predicted molar refractivity (Wildman–Crippen MR) is 99.2 cm³/mol. The molecule has 126 valence electrons. The Balaban J connectivity index is 1.34. The molecule has 0 fully saturated rings. The molecule has 2 aromatic carbocycles. The number of pyridine rings is 1. The maximum absolute atomic E-state index is 10.2. The Morgan fingerprint density at radius 3 is 2.76 bits per heavy atom. The molecule has 4 rings (SSSR count). The van der Waals surface area contributed by atoms with Gasteiger partial charge in [0.2, 0.25) is 0 Å². The largest absolute Gasteiger partial charge is 0.491 e. The van der Waals surface area contributed by atoms with Crippen molar-refractivity contribution in [2.24, 2.45) is 0 Å². The lowest BCUT2D eigenvalue weighted by Gasteiger charge is -2.12. The van der Waals surface area contributed by atoms with Crippen LogP contribution in [-0.4, -0.2) is 38.2 Å². The van der Waals surface area contributed by atoms with Gasteiger partial charge in [0.25, 0.3) is 0 Å². The van der Waals surface area contributed by atoms with Crippen molar-refractivity contribution < 1.29 is 9.84 Å². The fraction of sp³-hybridized carbons (Fsp3) is 0.158. The van der Waals surface area contributed by atoms with Gasteiger partial charge in [-0.2, -0.15) is 0 Å². The van der Waals surface area contributed by atoms with Crippen LogP contribution in [0.2, 0.25) is 0 Å². The first-order valence-corrected chi connectivity index (χ1v) is 9.00. The summed E-state index contributed by atoms with van der Waals surface area (Å²) in [6.45, 7) is 0.238. The van der Waals surface area contributed by atoms with E-state index >= 15 is 0 Å². The lowest BCUT2D eigenvalue weighted by molar-refractivity contribution is 0.126. The van der Waals surface area contributed by atoms with E-state index in [1.807, 2.05) is 65.2 Å². The molecular weight excluding hydrogens is 334 g/mol. The van der Waals surface area contributed by atoms with Gasteiger partial charge in [-0.3, -0.25) is 4.40 Å². The third kappa shape index (κ3) is 3.60. The number of ether oxygens (including phenoxy) is 1. The van der Waals surface area contributed by atoms with Crippen LogP contribution in [0.5, 0.6) is 5.75 Å². The van der Waals surface area contributed by atoms with Crippen molar-refractivity contribution in [3.63, 3.8) is 0 Å². The number of benzene rings is 2. The summed E-state index contributed by atoms with van der Waals surface area (Å²) in [6, 6.07) is 19.8. The maximum atomic E-state index is 10.2. The highest BCUT2D eigenvalue weighted by Gasteiger charge is 2.10. The number of fused-ring (bicyclic) bond motifs is 2. The van der Waals surface area contributed by atoms with Crippen LogP contribution in [0, 0.1) is 0 Å². The molecule has 0 amide bonds. The van der Waals surface area contributed by atoms with Gasteiger partial charge < -0.3 is 9.84 Å². The molecular formula is C19H17N3O2S. The first-order chi connectivity index (χ1) is 12.3.